The fourth-order valence-corrected chi connectivity index (χ4v) is 4.55. The summed E-state index contributed by atoms with van der Waals surface area (Å²) in [6.45, 7) is 3.74. The minimum absolute atomic E-state index is 0.000826. The van der Waals surface area contributed by atoms with Gasteiger partial charge in [-0.3, -0.25) is 4.79 Å². The maximum Gasteiger partial charge on any atom is 0.407 e. The number of carboxylic acid groups (broad SMARTS) is 1. The molecule has 0 spiro atoms. The molecule has 1 atom stereocenters. The topological polar surface area (TPSA) is 105 Å². The molecule has 180 valence electrons. The Labute approximate surface area is 208 Å². The van der Waals surface area contributed by atoms with E-state index in [2.05, 4.69) is 22.8 Å². The van der Waals surface area contributed by atoms with Crippen molar-refractivity contribution >= 4 is 35.3 Å². The minimum Gasteiger partial charge on any atom is -0.478 e. The van der Waals surface area contributed by atoms with Crippen molar-refractivity contribution in [2.45, 2.75) is 25.8 Å². The molecule has 4 rings (SSSR count). The Balaban J connectivity index is 1.41. The highest BCUT2D eigenvalue weighted by Crippen LogP contribution is 2.44. The van der Waals surface area contributed by atoms with Gasteiger partial charge in [-0.1, -0.05) is 74.0 Å². The number of anilines is 1. The van der Waals surface area contributed by atoms with Gasteiger partial charge >= 0.3 is 12.1 Å². The van der Waals surface area contributed by atoms with Crippen LogP contribution in [0.5, 0.6) is 0 Å². The van der Waals surface area contributed by atoms with Crippen LogP contribution >= 0.6 is 11.6 Å². The molecule has 0 heterocycles. The van der Waals surface area contributed by atoms with Crippen molar-refractivity contribution < 1.29 is 24.2 Å². The maximum atomic E-state index is 12.9. The van der Waals surface area contributed by atoms with Gasteiger partial charge in [-0.05, 0) is 46.4 Å². The lowest BCUT2D eigenvalue weighted by Gasteiger charge is -2.22. The number of carboxylic acids is 1. The highest BCUT2D eigenvalue weighted by molar-refractivity contribution is 6.33. The summed E-state index contributed by atoms with van der Waals surface area (Å²) in [4.78, 5) is 36.7. The van der Waals surface area contributed by atoms with Crippen molar-refractivity contribution in [3.8, 4) is 11.1 Å². The summed E-state index contributed by atoms with van der Waals surface area (Å²) in [5.74, 6) is -1.95. The number of rotatable bonds is 7. The van der Waals surface area contributed by atoms with Crippen molar-refractivity contribution in [1.82, 2.24) is 5.32 Å². The summed E-state index contributed by atoms with van der Waals surface area (Å²) in [5, 5.41) is 14.4. The highest BCUT2D eigenvalue weighted by Gasteiger charge is 2.30. The van der Waals surface area contributed by atoms with Crippen LogP contribution in [0, 0.1) is 5.92 Å². The Morgan fingerprint density at radius 1 is 0.971 bits per heavy atom. The first kappa shape index (κ1) is 24.3. The van der Waals surface area contributed by atoms with Crippen LogP contribution < -0.4 is 10.6 Å². The molecule has 3 aromatic carbocycles. The smallest absolute Gasteiger partial charge is 0.407 e. The average molecular weight is 493 g/mol. The maximum absolute atomic E-state index is 12.9. The monoisotopic (exact) mass is 492 g/mol. The standard InChI is InChI=1S/C27H25ClN2O5/c1-15(2)24(25(31)29-16-11-12-21(26(32)33)23(28)13-16)30-27(34)35-14-22-19-9-5-3-7-17(19)18-8-4-6-10-20(18)22/h3-13,15,22,24H,14H2,1-2H3,(H,29,31)(H,30,34)(H,32,33)/t24-/m0/s1. The average Bonchev–Trinajstić information content (AvgIpc) is 3.14. The SMILES string of the molecule is CC(C)[C@H](NC(=O)OCC1c2ccccc2-c2ccccc21)C(=O)Nc1ccc(C(=O)O)c(Cl)c1. The summed E-state index contributed by atoms with van der Waals surface area (Å²) in [5.41, 5.74) is 4.71. The largest absolute Gasteiger partial charge is 0.478 e. The molecular weight excluding hydrogens is 468 g/mol. The van der Waals surface area contributed by atoms with E-state index in [9.17, 15) is 14.4 Å². The van der Waals surface area contributed by atoms with Crippen LogP contribution in [0.3, 0.4) is 0 Å². The first-order valence-corrected chi connectivity index (χ1v) is 11.6. The molecule has 3 N–H and O–H groups in total. The lowest BCUT2D eigenvalue weighted by atomic mass is 9.98. The summed E-state index contributed by atoms with van der Waals surface area (Å²) >= 11 is 5.99. The second-order valence-electron chi connectivity index (χ2n) is 8.68. The number of alkyl carbamates (subject to hydrolysis) is 1. The molecule has 0 saturated carbocycles. The molecule has 8 heteroatoms. The van der Waals surface area contributed by atoms with E-state index in [4.69, 9.17) is 21.4 Å². The predicted molar refractivity (Wildman–Crippen MR) is 134 cm³/mol. The minimum atomic E-state index is -1.16. The van der Waals surface area contributed by atoms with Gasteiger partial charge in [0, 0.05) is 11.6 Å². The zero-order valence-electron chi connectivity index (χ0n) is 19.2. The number of carbonyl (C=O) groups excluding carboxylic acids is 2. The quantitative estimate of drug-likeness (QED) is 0.401. The highest BCUT2D eigenvalue weighted by atomic mass is 35.5. The van der Waals surface area contributed by atoms with Crippen LogP contribution in [0.1, 0.15) is 41.3 Å². The Kier molecular flexibility index (Phi) is 7.07. The number of ether oxygens (including phenoxy) is 1. The third-order valence-corrected chi connectivity index (χ3v) is 6.35. The number of amides is 2. The lowest BCUT2D eigenvalue weighted by Crippen LogP contribution is -2.47. The van der Waals surface area contributed by atoms with Crippen LogP contribution in [0.2, 0.25) is 5.02 Å². The zero-order chi connectivity index (χ0) is 25.1. The van der Waals surface area contributed by atoms with E-state index < -0.39 is 24.0 Å². The first-order valence-electron chi connectivity index (χ1n) is 11.2. The summed E-state index contributed by atoms with van der Waals surface area (Å²) in [7, 11) is 0. The molecule has 0 fully saturated rings. The molecule has 0 aromatic heterocycles. The van der Waals surface area contributed by atoms with Crippen LogP contribution in [0.25, 0.3) is 11.1 Å². The van der Waals surface area contributed by atoms with Gasteiger partial charge in [0.05, 0.1) is 10.6 Å². The van der Waals surface area contributed by atoms with E-state index >= 15 is 0 Å². The lowest BCUT2D eigenvalue weighted by molar-refractivity contribution is -0.119. The second kappa shape index (κ2) is 10.2. The van der Waals surface area contributed by atoms with Crippen molar-refractivity contribution in [2.24, 2.45) is 5.92 Å². The van der Waals surface area contributed by atoms with Gasteiger partial charge in [0.25, 0.3) is 0 Å². The van der Waals surface area contributed by atoms with Crippen LogP contribution in [0.4, 0.5) is 10.5 Å². The summed E-state index contributed by atoms with van der Waals surface area (Å²) in [6, 6.07) is 19.3. The van der Waals surface area contributed by atoms with Crippen molar-refractivity contribution in [3.63, 3.8) is 0 Å². The molecule has 0 radical (unpaired) electrons. The molecule has 35 heavy (non-hydrogen) atoms. The van der Waals surface area contributed by atoms with Crippen LogP contribution in [-0.4, -0.2) is 35.7 Å². The van der Waals surface area contributed by atoms with Crippen LogP contribution in [-0.2, 0) is 9.53 Å². The number of hydrogen-bond donors (Lipinski definition) is 3. The molecular formula is C27H25ClN2O5. The molecule has 0 bridgehead atoms. The number of benzene rings is 3. The number of carbonyl (C=O) groups is 3. The fourth-order valence-electron chi connectivity index (χ4n) is 4.29. The summed E-state index contributed by atoms with van der Waals surface area (Å²) < 4.78 is 5.57. The van der Waals surface area contributed by atoms with Gasteiger partial charge in [-0.15, -0.1) is 0 Å². The third kappa shape index (κ3) is 5.15. The molecule has 1 aliphatic carbocycles. The van der Waals surface area contributed by atoms with E-state index in [1.807, 2.05) is 36.4 Å². The van der Waals surface area contributed by atoms with E-state index in [-0.39, 0.29) is 29.0 Å². The number of nitrogens with one attached hydrogen (secondary N) is 2. The van der Waals surface area contributed by atoms with Gasteiger partial charge in [-0.25, -0.2) is 9.59 Å². The number of aromatic carboxylic acids is 1. The van der Waals surface area contributed by atoms with Crippen molar-refractivity contribution in [2.75, 3.05) is 11.9 Å². The number of hydrogen-bond acceptors (Lipinski definition) is 4. The van der Waals surface area contributed by atoms with Crippen LogP contribution in [0.15, 0.2) is 66.7 Å². The zero-order valence-corrected chi connectivity index (χ0v) is 20.0. The molecule has 0 aliphatic heterocycles. The molecule has 3 aromatic rings. The van der Waals surface area contributed by atoms with Gasteiger partial charge in [0.1, 0.15) is 12.6 Å². The van der Waals surface area contributed by atoms with E-state index in [0.29, 0.717) is 5.69 Å². The first-order chi connectivity index (χ1) is 16.8. The van der Waals surface area contributed by atoms with Crippen molar-refractivity contribution in [3.05, 3.63) is 88.4 Å². The third-order valence-electron chi connectivity index (χ3n) is 6.03. The number of halogens is 1. The molecule has 0 unspecified atom stereocenters. The van der Waals surface area contributed by atoms with E-state index in [0.717, 1.165) is 22.3 Å². The number of fused-ring (bicyclic) bond motifs is 3. The molecule has 1 aliphatic rings. The van der Waals surface area contributed by atoms with E-state index in [1.54, 1.807) is 13.8 Å². The molecule has 0 saturated heterocycles. The normalized spacial score (nSPS) is 13.0. The molecule has 2 amide bonds. The van der Waals surface area contributed by atoms with Gasteiger partial charge < -0.3 is 20.5 Å². The molecule has 7 nitrogen and oxygen atoms in total. The van der Waals surface area contributed by atoms with Crippen molar-refractivity contribution in [1.29, 1.82) is 0 Å². The van der Waals surface area contributed by atoms with Gasteiger partial charge in [-0.2, -0.15) is 0 Å². The summed E-state index contributed by atoms with van der Waals surface area (Å²) in [6.07, 6.45) is -0.694. The Hall–Kier alpha value is -3.84. The second-order valence-corrected chi connectivity index (χ2v) is 9.09. The van der Waals surface area contributed by atoms with E-state index in [1.165, 1.54) is 18.2 Å². The van der Waals surface area contributed by atoms with Gasteiger partial charge in [0.15, 0.2) is 0 Å². The Morgan fingerprint density at radius 2 is 1.57 bits per heavy atom. The Morgan fingerprint density at radius 3 is 2.11 bits per heavy atom. The fraction of sp³-hybridized carbons (Fsp3) is 0.222. The Bertz CT molecular complexity index is 1240. The van der Waals surface area contributed by atoms with Gasteiger partial charge in [0.2, 0.25) is 5.91 Å². The predicted octanol–water partition coefficient (Wildman–Crippen LogP) is 5.54.